The van der Waals surface area contributed by atoms with Gasteiger partial charge in [-0.05, 0) is 72.5 Å². The number of ketones is 2. The Balaban J connectivity index is 1.71. The van der Waals surface area contributed by atoms with Crippen LogP contribution in [0.15, 0.2) is 0 Å². The summed E-state index contributed by atoms with van der Waals surface area (Å²) in [5.74, 6) is 2.48. The van der Waals surface area contributed by atoms with Crippen LogP contribution in [-0.2, 0) is 9.59 Å². The molecule has 0 N–H and O–H groups in total. The van der Waals surface area contributed by atoms with Crippen molar-refractivity contribution in [1.29, 1.82) is 5.26 Å². The molecule has 4 saturated carbocycles. The van der Waals surface area contributed by atoms with Crippen LogP contribution in [0, 0.1) is 57.2 Å². The Kier molecular flexibility index (Phi) is 4.37. The summed E-state index contributed by atoms with van der Waals surface area (Å²) in [5.41, 5.74) is 0.153. The maximum atomic E-state index is 13.7. The molecule has 8 atom stereocenters. The van der Waals surface area contributed by atoms with Gasteiger partial charge < -0.3 is 0 Å². The first-order chi connectivity index (χ1) is 12.7. The maximum Gasteiger partial charge on any atom is 0.139 e. The smallest absolute Gasteiger partial charge is 0.139 e. The maximum absolute atomic E-state index is 13.7. The molecule has 0 radical (unpaired) electrons. The highest BCUT2D eigenvalue weighted by Crippen LogP contribution is 2.70. The van der Waals surface area contributed by atoms with Crippen molar-refractivity contribution in [3.63, 3.8) is 0 Å². The summed E-state index contributed by atoms with van der Waals surface area (Å²) in [6.07, 6.45) is 8.53. The Morgan fingerprint density at radius 2 is 1.78 bits per heavy atom. The zero-order valence-electron chi connectivity index (χ0n) is 17.5. The second-order valence-electron chi connectivity index (χ2n) is 10.9. The first-order valence-electron chi connectivity index (χ1n) is 11.1. The van der Waals surface area contributed by atoms with Crippen molar-refractivity contribution < 1.29 is 9.59 Å². The minimum Gasteiger partial charge on any atom is -0.300 e. The van der Waals surface area contributed by atoms with Crippen molar-refractivity contribution in [2.75, 3.05) is 0 Å². The van der Waals surface area contributed by atoms with E-state index in [1.807, 2.05) is 0 Å². The van der Waals surface area contributed by atoms with E-state index in [9.17, 15) is 9.59 Å². The van der Waals surface area contributed by atoms with Crippen LogP contribution in [0.3, 0.4) is 0 Å². The van der Waals surface area contributed by atoms with Crippen molar-refractivity contribution in [2.24, 2.45) is 45.8 Å². The molecule has 0 spiro atoms. The Hall–Kier alpha value is -1.17. The van der Waals surface area contributed by atoms with Crippen molar-refractivity contribution in [2.45, 2.75) is 85.5 Å². The Morgan fingerprint density at radius 1 is 1.04 bits per heavy atom. The van der Waals surface area contributed by atoms with Gasteiger partial charge in [0.25, 0.3) is 0 Å². The summed E-state index contributed by atoms with van der Waals surface area (Å²) < 4.78 is 0. The van der Waals surface area contributed by atoms with Crippen molar-refractivity contribution >= 4 is 11.6 Å². The fraction of sp³-hybridized carbons (Fsp3) is 0.875. The Morgan fingerprint density at radius 3 is 2.48 bits per heavy atom. The fourth-order valence-electron chi connectivity index (χ4n) is 8.32. The molecule has 0 saturated heterocycles. The summed E-state index contributed by atoms with van der Waals surface area (Å²) >= 11 is 0. The summed E-state index contributed by atoms with van der Waals surface area (Å²) in [7, 11) is 0. The van der Waals surface area contributed by atoms with E-state index in [4.69, 9.17) is 5.26 Å². The van der Waals surface area contributed by atoms with E-state index in [0.29, 0.717) is 48.6 Å². The van der Waals surface area contributed by atoms with E-state index in [1.165, 1.54) is 12.8 Å². The third-order valence-corrected chi connectivity index (χ3v) is 10.4. The minimum absolute atomic E-state index is 0.0199. The van der Waals surface area contributed by atoms with Gasteiger partial charge in [0.05, 0.1) is 6.07 Å². The number of nitriles is 1. The second-order valence-corrected chi connectivity index (χ2v) is 10.9. The molecule has 0 aromatic heterocycles. The number of hydrogen-bond donors (Lipinski definition) is 0. The third kappa shape index (κ3) is 2.37. The zero-order valence-corrected chi connectivity index (χ0v) is 17.5. The molecular formula is C24H35NO2. The molecule has 0 amide bonds. The first-order valence-corrected chi connectivity index (χ1v) is 11.1. The van der Waals surface area contributed by atoms with Crippen molar-refractivity contribution in [1.82, 2.24) is 0 Å². The lowest BCUT2D eigenvalue weighted by Gasteiger charge is -2.65. The standard InChI is InChI=1S/C24H35NO2/c1-15-21(27)20-18-8-7-16(6-5-13-25)22(18,2)11-10-19(20)23(3)12-9-17(26)14-24(15,23)4/h15-16,18-20H,5-12,14H2,1-4H3. The lowest BCUT2D eigenvalue weighted by atomic mass is 9.38. The number of nitrogens with zero attached hydrogens (tertiary/aromatic N) is 1. The highest BCUT2D eigenvalue weighted by atomic mass is 16.1. The number of rotatable bonds is 2. The molecule has 4 aliphatic carbocycles. The molecule has 3 nitrogen and oxygen atoms in total. The molecule has 0 heterocycles. The molecule has 3 heteroatoms. The van der Waals surface area contributed by atoms with Gasteiger partial charge in [0, 0.05) is 31.1 Å². The molecule has 27 heavy (non-hydrogen) atoms. The van der Waals surface area contributed by atoms with Gasteiger partial charge in [0.1, 0.15) is 11.6 Å². The summed E-state index contributed by atoms with van der Waals surface area (Å²) in [5, 5.41) is 9.05. The zero-order chi connectivity index (χ0) is 19.6. The first kappa shape index (κ1) is 19.2. The van der Waals surface area contributed by atoms with Crippen LogP contribution >= 0.6 is 0 Å². The van der Waals surface area contributed by atoms with Crippen LogP contribution in [0.2, 0.25) is 0 Å². The molecule has 0 aromatic rings. The summed E-state index contributed by atoms with van der Waals surface area (Å²) in [4.78, 5) is 26.0. The highest BCUT2D eigenvalue weighted by Gasteiger charge is 2.67. The highest BCUT2D eigenvalue weighted by molar-refractivity contribution is 5.89. The molecule has 0 aromatic carbocycles. The number of carbonyl (C=O) groups excluding carboxylic acids is 2. The predicted octanol–water partition coefficient (Wildman–Crippen LogP) is 5.33. The van der Waals surface area contributed by atoms with Gasteiger partial charge in [-0.25, -0.2) is 0 Å². The largest absolute Gasteiger partial charge is 0.300 e. The Bertz CT molecular complexity index is 708. The van der Waals surface area contributed by atoms with Gasteiger partial charge in [-0.2, -0.15) is 5.26 Å². The van der Waals surface area contributed by atoms with E-state index in [1.54, 1.807) is 0 Å². The van der Waals surface area contributed by atoms with Gasteiger partial charge in [0.2, 0.25) is 0 Å². The molecule has 4 fully saturated rings. The minimum atomic E-state index is -0.173. The number of fused-ring (bicyclic) bond motifs is 5. The van der Waals surface area contributed by atoms with Crippen LogP contribution in [-0.4, -0.2) is 11.6 Å². The number of hydrogen-bond acceptors (Lipinski definition) is 3. The second kappa shape index (κ2) is 6.16. The van der Waals surface area contributed by atoms with Gasteiger partial charge >= 0.3 is 0 Å². The molecule has 148 valence electrons. The predicted molar refractivity (Wildman–Crippen MR) is 105 cm³/mol. The SMILES string of the molecule is CC1C(=O)C2C3CCC(CCC#N)C3(C)CCC2C2(C)CCC(=O)CC12C. The molecule has 4 rings (SSSR count). The van der Waals surface area contributed by atoms with Crippen LogP contribution in [0.25, 0.3) is 0 Å². The van der Waals surface area contributed by atoms with Crippen LogP contribution in [0.5, 0.6) is 0 Å². The van der Waals surface area contributed by atoms with Crippen molar-refractivity contribution in [3.05, 3.63) is 0 Å². The van der Waals surface area contributed by atoms with Gasteiger partial charge in [0.15, 0.2) is 0 Å². The normalized spacial score (nSPS) is 51.9. The molecule has 4 aliphatic rings. The number of carbonyl (C=O) groups is 2. The monoisotopic (exact) mass is 369 g/mol. The van der Waals surface area contributed by atoms with Crippen LogP contribution in [0.4, 0.5) is 0 Å². The fourth-order valence-corrected chi connectivity index (χ4v) is 8.32. The van der Waals surface area contributed by atoms with Gasteiger partial charge in [-0.1, -0.05) is 27.7 Å². The van der Waals surface area contributed by atoms with E-state index in [2.05, 4.69) is 33.8 Å². The molecule has 0 aliphatic heterocycles. The lowest BCUT2D eigenvalue weighted by Crippen LogP contribution is -2.64. The average molecular weight is 370 g/mol. The van der Waals surface area contributed by atoms with E-state index >= 15 is 0 Å². The summed E-state index contributed by atoms with van der Waals surface area (Å²) in [6.45, 7) is 9.18. The molecule has 8 unspecified atom stereocenters. The average Bonchev–Trinajstić information content (AvgIpc) is 2.96. The van der Waals surface area contributed by atoms with E-state index < -0.39 is 0 Å². The summed E-state index contributed by atoms with van der Waals surface area (Å²) in [6, 6.07) is 2.33. The lowest BCUT2D eigenvalue weighted by molar-refractivity contribution is -0.187. The van der Waals surface area contributed by atoms with Crippen LogP contribution < -0.4 is 0 Å². The molecule has 0 bridgehead atoms. The van der Waals surface area contributed by atoms with Crippen molar-refractivity contribution in [3.8, 4) is 6.07 Å². The quantitative estimate of drug-likeness (QED) is 0.660. The topological polar surface area (TPSA) is 57.9 Å². The third-order valence-electron chi connectivity index (χ3n) is 10.4. The Labute approximate surface area is 164 Å². The van der Waals surface area contributed by atoms with Gasteiger partial charge in [-0.15, -0.1) is 0 Å². The number of Topliss-reactive ketones (excluding diaryl/α,β-unsaturated/α-hetero) is 2. The van der Waals surface area contributed by atoms with Gasteiger partial charge in [-0.3, -0.25) is 9.59 Å². The van der Waals surface area contributed by atoms with Crippen LogP contribution in [0.1, 0.15) is 85.5 Å². The molecular weight excluding hydrogens is 334 g/mol. The van der Waals surface area contributed by atoms with E-state index in [0.717, 1.165) is 25.7 Å². The van der Waals surface area contributed by atoms with E-state index in [-0.39, 0.29) is 28.1 Å².